The van der Waals surface area contributed by atoms with Crippen LogP contribution in [0.4, 0.5) is 8.78 Å². The maximum Gasteiger partial charge on any atom is 0.159 e. The normalized spacial score (nSPS) is 15.4. The zero-order chi connectivity index (χ0) is 11.4. The molecule has 3 heteroatoms. The Hall–Kier alpha value is -0.960. The van der Waals surface area contributed by atoms with E-state index in [2.05, 4.69) is 5.32 Å². The van der Waals surface area contributed by atoms with Gasteiger partial charge in [0, 0.05) is 6.54 Å². The van der Waals surface area contributed by atoms with E-state index in [0.29, 0.717) is 6.54 Å². The lowest BCUT2D eigenvalue weighted by Gasteiger charge is -2.05. The summed E-state index contributed by atoms with van der Waals surface area (Å²) in [6.45, 7) is 1.57. The molecule has 0 amide bonds. The predicted octanol–water partition coefficient (Wildman–Crippen LogP) is 3.24. The van der Waals surface area contributed by atoms with Crippen LogP contribution in [0.25, 0.3) is 0 Å². The molecule has 0 saturated heterocycles. The van der Waals surface area contributed by atoms with E-state index < -0.39 is 11.6 Å². The average Bonchev–Trinajstić information content (AvgIpc) is 3.07. The molecule has 1 aliphatic carbocycles. The molecule has 0 spiro atoms. The third-order valence-electron chi connectivity index (χ3n) is 2.98. The van der Waals surface area contributed by atoms with Gasteiger partial charge < -0.3 is 5.32 Å². The van der Waals surface area contributed by atoms with E-state index in [0.717, 1.165) is 18.0 Å². The molecule has 88 valence electrons. The topological polar surface area (TPSA) is 12.0 Å². The lowest BCUT2D eigenvalue weighted by atomic mass is 10.2. The number of halogens is 2. The molecular formula is C13H17F2N. The number of hydrogen-bond donors (Lipinski definition) is 1. The van der Waals surface area contributed by atoms with Crippen molar-refractivity contribution in [2.75, 3.05) is 6.54 Å². The van der Waals surface area contributed by atoms with Gasteiger partial charge in [-0.1, -0.05) is 18.9 Å². The van der Waals surface area contributed by atoms with Gasteiger partial charge in [0.2, 0.25) is 0 Å². The first-order chi connectivity index (χ1) is 7.75. The number of rotatable bonds is 6. The maximum absolute atomic E-state index is 12.9. The van der Waals surface area contributed by atoms with Gasteiger partial charge in [-0.25, -0.2) is 8.78 Å². The summed E-state index contributed by atoms with van der Waals surface area (Å²) in [5.74, 6) is -0.583. The van der Waals surface area contributed by atoms with Gasteiger partial charge in [-0.3, -0.25) is 0 Å². The molecule has 16 heavy (non-hydrogen) atoms. The van der Waals surface area contributed by atoms with E-state index in [4.69, 9.17) is 0 Å². The predicted molar refractivity (Wildman–Crippen MR) is 60.0 cm³/mol. The van der Waals surface area contributed by atoms with Crippen molar-refractivity contribution >= 4 is 0 Å². The zero-order valence-corrected chi connectivity index (χ0v) is 9.31. The fourth-order valence-electron chi connectivity index (χ4n) is 1.80. The van der Waals surface area contributed by atoms with Crippen molar-refractivity contribution in [2.45, 2.75) is 32.2 Å². The van der Waals surface area contributed by atoms with E-state index in [9.17, 15) is 8.78 Å². The van der Waals surface area contributed by atoms with Crippen molar-refractivity contribution in [1.29, 1.82) is 0 Å². The van der Waals surface area contributed by atoms with E-state index >= 15 is 0 Å². The molecule has 1 aromatic rings. The maximum atomic E-state index is 12.9. The van der Waals surface area contributed by atoms with Crippen LogP contribution in [0.1, 0.15) is 31.2 Å². The largest absolute Gasteiger partial charge is 0.313 e. The molecule has 1 N–H and O–H groups in total. The third-order valence-corrected chi connectivity index (χ3v) is 2.98. The molecule has 1 fully saturated rings. The van der Waals surface area contributed by atoms with E-state index in [1.54, 1.807) is 6.07 Å². The van der Waals surface area contributed by atoms with Gasteiger partial charge >= 0.3 is 0 Å². The first-order valence-electron chi connectivity index (χ1n) is 5.90. The van der Waals surface area contributed by atoms with Crippen LogP contribution in [-0.4, -0.2) is 6.54 Å². The molecule has 0 radical (unpaired) electrons. The first kappa shape index (κ1) is 11.5. The van der Waals surface area contributed by atoms with Crippen molar-refractivity contribution in [1.82, 2.24) is 5.32 Å². The highest BCUT2D eigenvalue weighted by Gasteiger charge is 2.19. The van der Waals surface area contributed by atoms with Crippen molar-refractivity contribution in [2.24, 2.45) is 5.92 Å². The highest BCUT2D eigenvalue weighted by molar-refractivity contribution is 5.17. The van der Waals surface area contributed by atoms with E-state index in [-0.39, 0.29) is 0 Å². The monoisotopic (exact) mass is 225 g/mol. The molecular weight excluding hydrogens is 208 g/mol. The molecule has 1 saturated carbocycles. The Kier molecular flexibility index (Phi) is 3.88. The molecule has 0 aliphatic heterocycles. The van der Waals surface area contributed by atoms with Gasteiger partial charge in [0.25, 0.3) is 0 Å². The molecule has 0 atom stereocenters. The molecule has 1 aliphatic rings. The summed E-state index contributed by atoms with van der Waals surface area (Å²) in [5, 5.41) is 3.24. The summed E-state index contributed by atoms with van der Waals surface area (Å²) in [6.07, 6.45) is 5.26. The highest BCUT2D eigenvalue weighted by atomic mass is 19.2. The van der Waals surface area contributed by atoms with Crippen LogP contribution >= 0.6 is 0 Å². The van der Waals surface area contributed by atoms with Crippen LogP contribution in [0.2, 0.25) is 0 Å². The summed E-state index contributed by atoms with van der Waals surface area (Å²) < 4.78 is 25.5. The van der Waals surface area contributed by atoms with E-state index in [1.165, 1.54) is 37.8 Å². The van der Waals surface area contributed by atoms with Crippen LogP contribution in [0.15, 0.2) is 18.2 Å². The van der Waals surface area contributed by atoms with Crippen molar-refractivity contribution < 1.29 is 8.78 Å². The second-order valence-electron chi connectivity index (χ2n) is 4.51. The molecule has 0 aromatic heterocycles. The Morgan fingerprint density at radius 3 is 2.69 bits per heavy atom. The minimum absolute atomic E-state index is 0.613. The van der Waals surface area contributed by atoms with Gasteiger partial charge in [-0.15, -0.1) is 0 Å². The van der Waals surface area contributed by atoms with Crippen molar-refractivity contribution in [3.63, 3.8) is 0 Å². The van der Waals surface area contributed by atoms with Gasteiger partial charge in [-0.05, 0) is 43.0 Å². The van der Waals surface area contributed by atoms with Gasteiger partial charge in [0.15, 0.2) is 11.6 Å². The van der Waals surface area contributed by atoms with Crippen molar-refractivity contribution in [3.8, 4) is 0 Å². The molecule has 0 heterocycles. The standard InChI is InChI=1S/C13H17F2N/c14-12-6-5-11(8-13(12)15)9-16-7-1-2-10-3-4-10/h5-6,8,10,16H,1-4,7,9H2. The second-order valence-corrected chi connectivity index (χ2v) is 4.51. The Bertz CT molecular complexity index is 348. The first-order valence-corrected chi connectivity index (χ1v) is 5.90. The summed E-state index contributed by atoms with van der Waals surface area (Å²) in [4.78, 5) is 0. The van der Waals surface area contributed by atoms with Crippen molar-refractivity contribution in [3.05, 3.63) is 35.4 Å². The molecule has 0 unspecified atom stereocenters. The molecule has 1 aromatic carbocycles. The minimum atomic E-state index is -0.780. The fourth-order valence-corrected chi connectivity index (χ4v) is 1.80. The Labute approximate surface area is 94.9 Å². The molecule has 0 bridgehead atoms. The number of benzene rings is 1. The average molecular weight is 225 g/mol. The quantitative estimate of drug-likeness (QED) is 0.733. The molecule has 1 nitrogen and oxygen atoms in total. The fraction of sp³-hybridized carbons (Fsp3) is 0.538. The van der Waals surface area contributed by atoms with Crippen LogP contribution in [0, 0.1) is 17.6 Å². The second kappa shape index (κ2) is 5.39. The van der Waals surface area contributed by atoms with E-state index in [1.807, 2.05) is 0 Å². The summed E-state index contributed by atoms with van der Waals surface area (Å²) in [5.41, 5.74) is 0.797. The van der Waals surface area contributed by atoms with Crippen LogP contribution in [-0.2, 0) is 6.54 Å². The van der Waals surface area contributed by atoms with Gasteiger partial charge in [-0.2, -0.15) is 0 Å². The van der Waals surface area contributed by atoms with Crippen LogP contribution < -0.4 is 5.32 Å². The number of nitrogens with one attached hydrogen (secondary N) is 1. The van der Waals surface area contributed by atoms with Crippen LogP contribution in [0.3, 0.4) is 0 Å². The lowest BCUT2D eigenvalue weighted by molar-refractivity contribution is 0.505. The van der Waals surface area contributed by atoms with Crippen LogP contribution in [0.5, 0.6) is 0 Å². The third kappa shape index (κ3) is 3.56. The SMILES string of the molecule is Fc1ccc(CNCCCC2CC2)cc1F. The zero-order valence-electron chi connectivity index (χ0n) is 9.31. The Morgan fingerprint density at radius 1 is 1.19 bits per heavy atom. The number of hydrogen-bond acceptors (Lipinski definition) is 1. The highest BCUT2D eigenvalue weighted by Crippen LogP contribution is 2.33. The summed E-state index contributed by atoms with van der Waals surface area (Å²) >= 11 is 0. The molecule has 2 rings (SSSR count). The summed E-state index contributed by atoms with van der Waals surface area (Å²) in [6, 6.07) is 4.05. The summed E-state index contributed by atoms with van der Waals surface area (Å²) in [7, 11) is 0. The smallest absolute Gasteiger partial charge is 0.159 e. The minimum Gasteiger partial charge on any atom is -0.313 e. The van der Waals surface area contributed by atoms with Gasteiger partial charge in [0.1, 0.15) is 0 Å². The Balaban J connectivity index is 1.65. The lowest BCUT2D eigenvalue weighted by Crippen LogP contribution is -2.15. The Morgan fingerprint density at radius 2 is 2.00 bits per heavy atom. The van der Waals surface area contributed by atoms with Gasteiger partial charge in [0.05, 0.1) is 0 Å².